The van der Waals surface area contributed by atoms with Crippen LogP contribution in [0.3, 0.4) is 0 Å². The summed E-state index contributed by atoms with van der Waals surface area (Å²) in [4.78, 5) is 18.3. The molecular formula is C21H22N2O2. The number of nitrogens with zero attached hydrogens (tertiary/aromatic N) is 1. The zero-order valence-electron chi connectivity index (χ0n) is 14.4. The van der Waals surface area contributed by atoms with Crippen molar-refractivity contribution in [3.8, 4) is 0 Å². The van der Waals surface area contributed by atoms with Crippen LogP contribution in [0.2, 0.25) is 0 Å². The van der Waals surface area contributed by atoms with Crippen LogP contribution in [0.5, 0.6) is 0 Å². The molecule has 0 saturated carbocycles. The molecule has 1 aliphatic rings. The highest BCUT2D eigenvalue weighted by Gasteiger charge is 2.31. The molecule has 1 aliphatic heterocycles. The molecule has 0 bridgehead atoms. The number of rotatable bonds is 3. The summed E-state index contributed by atoms with van der Waals surface area (Å²) in [7, 11) is 1.47. The van der Waals surface area contributed by atoms with Gasteiger partial charge in [0.15, 0.2) is 0 Å². The number of aromatic nitrogens is 1. The lowest BCUT2D eigenvalue weighted by Gasteiger charge is -2.23. The minimum absolute atomic E-state index is 0.173. The number of para-hydroxylation sites is 1. The number of benzene rings is 2. The maximum atomic E-state index is 12.5. The predicted molar refractivity (Wildman–Crippen MR) is 98.5 cm³/mol. The minimum atomic E-state index is -0.279. The van der Waals surface area contributed by atoms with Crippen molar-refractivity contribution in [3.63, 3.8) is 0 Å². The van der Waals surface area contributed by atoms with E-state index in [-0.39, 0.29) is 11.9 Å². The Kier molecular flexibility index (Phi) is 4.28. The molecule has 0 fully saturated rings. The van der Waals surface area contributed by atoms with E-state index in [1.807, 2.05) is 12.1 Å². The zero-order valence-corrected chi connectivity index (χ0v) is 14.4. The highest BCUT2D eigenvalue weighted by Crippen LogP contribution is 2.32. The van der Waals surface area contributed by atoms with Crippen molar-refractivity contribution in [2.75, 3.05) is 20.2 Å². The van der Waals surface area contributed by atoms with Crippen LogP contribution in [0.1, 0.15) is 22.7 Å². The van der Waals surface area contributed by atoms with E-state index in [2.05, 4.69) is 52.3 Å². The fraction of sp³-hybridized carbons (Fsp3) is 0.286. The number of carbonyl (C=O) groups excluding carboxylic acids is 1. The summed E-state index contributed by atoms with van der Waals surface area (Å²) in [6.07, 6.45) is 0.930. The van der Waals surface area contributed by atoms with Crippen LogP contribution in [-0.4, -0.2) is 36.1 Å². The number of hydrogen-bond donors (Lipinski definition) is 1. The maximum absolute atomic E-state index is 12.5. The Bertz CT molecular complexity index is 885. The van der Waals surface area contributed by atoms with Crippen molar-refractivity contribution in [1.82, 2.24) is 9.88 Å². The lowest BCUT2D eigenvalue weighted by atomic mass is 10.00. The number of ether oxygens (including phenoxy) is 1. The van der Waals surface area contributed by atoms with Crippen molar-refractivity contribution < 1.29 is 9.53 Å². The Balaban J connectivity index is 1.69. The van der Waals surface area contributed by atoms with Crippen molar-refractivity contribution >= 4 is 16.9 Å². The summed E-state index contributed by atoms with van der Waals surface area (Å²) < 4.78 is 5.11. The van der Waals surface area contributed by atoms with Crippen molar-refractivity contribution in [1.29, 1.82) is 0 Å². The lowest BCUT2D eigenvalue weighted by molar-refractivity contribution is -0.143. The molecule has 1 atom stereocenters. The van der Waals surface area contributed by atoms with Gasteiger partial charge < -0.3 is 9.72 Å². The summed E-state index contributed by atoms with van der Waals surface area (Å²) in [6, 6.07) is 18.7. The lowest BCUT2D eigenvalue weighted by Crippen LogP contribution is -2.31. The minimum Gasteiger partial charge on any atom is -0.468 e. The normalized spacial score (nSPS) is 17.9. The SMILES string of the molecule is COC(=O)[C@H]1CN(Cc2ccccc2)CCc2c1[nH]c1ccccc21. The summed E-state index contributed by atoms with van der Waals surface area (Å²) in [5, 5.41) is 1.22. The van der Waals surface area contributed by atoms with Gasteiger partial charge in [0.05, 0.1) is 7.11 Å². The van der Waals surface area contributed by atoms with Crippen molar-refractivity contribution in [2.45, 2.75) is 18.9 Å². The van der Waals surface area contributed by atoms with E-state index in [4.69, 9.17) is 4.74 Å². The fourth-order valence-electron chi connectivity index (χ4n) is 3.82. The Labute approximate surface area is 147 Å². The molecule has 1 N–H and O–H groups in total. The molecule has 0 unspecified atom stereocenters. The topological polar surface area (TPSA) is 45.3 Å². The third kappa shape index (κ3) is 3.05. The number of esters is 1. The average Bonchev–Trinajstić information content (AvgIpc) is 2.93. The van der Waals surface area contributed by atoms with Crippen molar-refractivity contribution in [2.24, 2.45) is 0 Å². The molecular weight excluding hydrogens is 312 g/mol. The van der Waals surface area contributed by atoms with E-state index < -0.39 is 0 Å². The van der Waals surface area contributed by atoms with E-state index in [1.165, 1.54) is 23.6 Å². The van der Waals surface area contributed by atoms with Crippen LogP contribution < -0.4 is 0 Å². The van der Waals surface area contributed by atoms with Crippen molar-refractivity contribution in [3.05, 3.63) is 71.4 Å². The number of fused-ring (bicyclic) bond motifs is 3. The van der Waals surface area contributed by atoms with Crippen LogP contribution in [0.15, 0.2) is 54.6 Å². The molecule has 4 nitrogen and oxygen atoms in total. The molecule has 3 aromatic rings. The van der Waals surface area contributed by atoms with Gasteiger partial charge in [-0.15, -0.1) is 0 Å². The molecule has 0 radical (unpaired) electrons. The van der Waals surface area contributed by atoms with Gasteiger partial charge in [0.1, 0.15) is 5.92 Å². The van der Waals surface area contributed by atoms with E-state index in [0.717, 1.165) is 30.7 Å². The Morgan fingerprint density at radius 2 is 1.92 bits per heavy atom. The van der Waals surface area contributed by atoms with Crippen LogP contribution in [-0.2, 0) is 22.5 Å². The number of hydrogen-bond acceptors (Lipinski definition) is 3. The average molecular weight is 334 g/mol. The van der Waals surface area contributed by atoms with E-state index in [1.54, 1.807) is 0 Å². The fourth-order valence-corrected chi connectivity index (χ4v) is 3.82. The second kappa shape index (κ2) is 6.73. The van der Waals surface area contributed by atoms with Gasteiger partial charge in [-0.2, -0.15) is 0 Å². The van der Waals surface area contributed by atoms with E-state index >= 15 is 0 Å². The van der Waals surface area contributed by atoms with Crippen LogP contribution in [0.25, 0.3) is 10.9 Å². The number of carbonyl (C=O) groups is 1. The maximum Gasteiger partial charge on any atom is 0.315 e. The second-order valence-corrected chi connectivity index (χ2v) is 6.61. The van der Waals surface area contributed by atoms with Gasteiger partial charge >= 0.3 is 5.97 Å². The molecule has 0 saturated heterocycles. The first-order valence-electron chi connectivity index (χ1n) is 8.70. The van der Waals surface area contributed by atoms with E-state index in [0.29, 0.717) is 6.54 Å². The Morgan fingerprint density at radius 3 is 2.72 bits per heavy atom. The van der Waals surface area contributed by atoms with Crippen LogP contribution in [0, 0.1) is 0 Å². The molecule has 1 aromatic heterocycles. The summed E-state index contributed by atoms with van der Waals surface area (Å²) in [5.41, 5.74) is 4.63. The number of H-pyrrole nitrogens is 1. The van der Waals surface area contributed by atoms with Gasteiger partial charge in [0.25, 0.3) is 0 Å². The van der Waals surface area contributed by atoms with Gasteiger partial charge in [0.2, 0.25) is 0 Å². The molecule has 4 heteroatoms. The number of methoxy groups -OCH3 is 1. The van der Waals surface area contributed by atoms with Crippen LogP contribution >= 0.6 is 0 Å². The smallest absolute Gasteiger partial charge is 0.315 e. The molecule has 4 rings (SSSR count). The largest absolute Gasteiger partial charge is 0.468 e. The number of aromatic amines is 1. The molecule has 0 spiro atoms. The van der Waals surface area contributed by atoms with Gasteiger partial charge in [-0.25, -0.2) is 0 Å². The number of nitrogens with one attached hydrogen (secondary N) is 1. The zero-order chi connectivity index (χ0) is 17.2. The summed E-state index contributed by atoms with van der Waals surface area (Å²) in [5.74, 6) is -0.452. The monoisotopic (exact) mass is 334 g/mol. The van der Waals surface area contributed by atoms with Gasteiger partial charge in [0, 0.05) is 36.2 Å². The van der Waals surface area contributed by atoms with E-state index in [9.17, 15) is 4.79 Å². The predicted octanol–water partition coefficient (Wildman–Crippen LogP) is 3.48. The standard InChI is InChI=1S/C21H22N2O2/c1-25-21(24)18-14-23(13-15-7-3-2-4-8-15)12-11-17-16-9-5-6-10-19(16)22-20(17)18/h2-10,18,22H,11-14H2,1H3/t18-/m0/s1. The third-order valence-corrected chi connectivity index (χ3v) is 5.05. The molecule has 25 heavy (non-hydrogen) atoms. The third-order valence-electron chi connectivity index (χ3n) is 5.05. The Hall–Kier alpha value is -2.59. The summed E-state index contributed by atoms with van der Waals surface area (Å²) >= 11 is 0. The highest BCUT2D eigenvalue weighted by molar-refractivity contribution is 5.88. The van der Waals surface area contributed by atoms with Crippen LogP contribution in [0.4, 0.5) is 0 Å². The highest BCUT2D eigenvalue weighted by atomic mass is 16.5. The first-order valence-corrected chi connectivity index (χ1v) is 8.70. The molecule has 0 amide bonds. The quantitative estimate of drug-likeness (QED) is 0.746. The summed E-state index contributed by atoms with van der Waals surface area (Å²) in [6.45, 7) is 2.44. The van der Waals surface area contributed by atoms with Gasteiger partial charge in [-0.05, 0) is 23.6 Å². The molecule has 2 aromatic carbocycles. The first kappa shape index (κ1) is 15.9. The first-order chi connectivity index (χ1) is 12.3. The van der Waals surface area contributed by atoms with Gasteiger partial charge in [-0.3, -0.25) is 9.69 Å². The Morgan fingerprint density at radius 1 is 1.16 bits per heavy atom. The molecule has 2 heterocycles. The molecule has 0 aliphatic carbocycles. The second-order valence-electron chi connectivity index (χ2n) is 6.61. The molecule has 128 valence electrons. The van der Waals surface area contributed by atoms with Gasteiger partial charge in [-0.1, -0.05) is 48.5 Å².